The number of benzene rings is 2. The van der Waals surface area contributed by atoms with Crippen LogP contribution in [0.3, 0.4) is 0 Å². The van der Waals surface area contributed by atoms with Crippen molar-refractivity contribution >= 4 is 21.6 Å². The number of hydrogen-bond donors (Lipinski definition) is 0. The second-order valence-electron chi connectivity index (χ2n) is 6.83. The predicted molar refractivity (Wildman–Crippen MR) is 103 cm³/mol. The molecule has 5 nitrogen and oxygen atoms in total. The van der Waals surface area contributed by atoms with Crippen LogP contribution >= 0.6 is 0 Å². The number of carbonyl (C=O) groups excluding carboxylic acids is 1. The van der Waals surface area contributed by atoms with E-state index in [1.54, 1.807) is 19.1 Å². The average molecular weight is 426 g/mol. The van der Waals surface area contributed by atoms with Gasteiger partial charge in [0.25, 0.3) is 15.9 Å². The standard InChI is InChI=1S/C20H21F3N2O3S/c1-2-11-24(14-20(21,22)23)19(26)16-7-5-8-17(13-16)29(27,28)25-12-10-15-6-3-4-9-18(15)25/h3-9,13H,2,10-12,14H2,1H3. The number of carbonyl (C=O) groups is 1. The molecule has 0 N–H and O–H groups in total. The van der Waals surface area contributed by atoms with Gasteiger partial charge in [0.2, 0.25) is 0 Å². The summed E-state index contributed by atoms with van der Waals surface area (Å²) in [6.07, 6.45) is -3.61. The summed E-state index contributed by atoms with van der Waals surface area (Å²) in [6.45, 7) is 0.489. The van der Waals surface area contributed by atoms with Gasteiger partial charge in [-0.1, -0.05) is 31.2 Å². The van der Waals surface area contributed by atoms with Gasteiger partial charge in [0.15, 0.2) is 0 Å². The first-order valence-corrected chi connectivity index (χ1v) is 10.6. The van der Waals surface area contributed by atoms with Gasteiger partial charge in [0, 0.05) is 18.7 Å². The molecule has 0 spiro atoms. The van der Waals surface area contributed by atoms with Crippen molar-refractivity contribution in [2.75, 3.05) is 23.9 Å². The number of halogens is 3. The van der Waals surface area contributed by atoms with E-state index in [0.717, 1.165) is 11.6 Å². The lowest BCUT2D eigenvalue weighted by molar-refractivity contribution is -0.140. The predicted octanol–water partition coefficient (Wildman–Crippen LogP) is 3.85. The number of para-hydroxylation sites is 1. The van der Waals surface area contributed by atoms with Crippen LogP contribution in [0.5, 0.6) is 0 Å². The lowest BCUT2D eigenvalue weighted by Gasteiger charge is -2.24. The van der Waals surface area contributed by atoms with Crippen LogP contribution in [-0.4, -0.2) is 45.0 Å². The molecule has 2 aromatic carbocycles. The van der Waals surface area contributed by atoms with Crippen LogP contribution < -0.4 is 4.31 Å². The Morgan fingerprint density at radius 2 is 1.86 bits per heavy atom. The third kappa shape index (κ3) is 4.55. The molecule has 1 heterocycles. The Morgan fingerprint density at radius 1 is 1.14 bits per heavy atom. The Morgan fingerprint density at radius 3 is 2.55 bits per heavy atom. The molecular formula is C20H21F3N2O3S. The second kappa shape index (κ2) is 8.06. The zero-order chi connectivity index (χ0) is 21.2. The van der Waals surface area contributed by atoms with Crippen LogP contribution in [0.2, 0.25) is 0 Å². The quantitative estimate of drug-likeness (QED) is 0.705. The van der Waals surface area contributed by atoms with Gasteiger partial charge in [0.05, 0.1) is 10.6 Å². The lowest BCUT2D eigenvalue weighted by atomic mass is 10.2. The van der Waals surface area contributed by atoms with Gasteiger partial charge in [-0.3, -0.25) is 9.10 Å². The van der Waals surface area contributed by atoms with Crippen molar-refractivity contribution in [2.24, 2.45) is 0 Å². The maximum atomic E-state index is 13.1. The van der Waals surface area contributed by atoms with Crippen molar-refractivity contribution in [3.8, 4) is 0 Å². The molecule has 29 heavy (non-hydrogen) atoms. The van der Waals surface area contributed by atoms with E-state index in [1.165, 1.54) is 22.5 Å². The molecule has 1 amide bonds. The Bertz CT molecular complexity index is 1010. The third-order valence-electron chi connectivity index (χ3n) is 4.66. The number of rotatable bonds is 6. The summed E-state index contributed by atoms with van der Waals surface area (Å²) in [5, 5.41) is 0. The minimum absolute atomic E-state index is 0.0746. The average Bonchev–Trinajstić information content (AvgIpc) is 3.11. The van der Waals surface area contributed by atoms with E-state index in [2.05, 4.69) is 0 Å². The van der Waals surface area contributed by atoms with Gasteiger partial charge in [-0.15, -0.1) is 0 Å². The van der Waals surface area contributed by atoms with Crippen LogP contribution in [0.25, 0.3) is 0 Å². The number of hydrogen-bond acceptors (Lipinski definition) is 3. The number of fused-ring (bicyclic) bond motifs is 1. The number of sulfonamides is 1. The molecular weight excluding hydrogens is 405 g/mol. The maximum absolute atomic E-state index is 13.1. The van der Waals surface area contributed by atoms with E-state index in [4.69, 9.17) is 0 Å². The zero-order valence-corrected chi connectivity index (χ0v) is 16.6. The first-order chi connectivity index (χ1) is 13.6. The smallest absolute Gasteiger partial charge is 0.330 e. The van der Waals surface area contributed by atoms with E-state index >= 15 is 0 Å². The van der Waals surface area contributed by atoms with E-state index in [1.807, 2.05) is 12.1 Å². The van der Waals surface area contributed by atoms with Gasteiger partial charge in [-0.25, -0.2) is 8.42 Å². The van der Waals surface area contributed by atoms with Crippen molar-refractivity contribution in [3.05, 3.63) is 59.7 Å². The Balaban J connectivity index is 1.92. The number of amides is 1. The van der Waals surface area contributed by atoms with Gasteiger partial charge < -0.3 is 4.90 Å². The van der Waals surface area contributed by atoms with Gasteiger partial charge in [-0.2, -0.15) is 13.2 Å². The Kier molecular flexibility index (Phi) is 5.88. The summed E-state index contributed by atoms with van der Waals surface area (Å²) in [7, 11) is -3.94. The molecule has 0 fully saturated rings. The molecule has 1 aliphatic rings. The first-order valence-electron chi connectivity index (χ1n) is 9.20. The summed E-state index contributed by atoms with van der Waals surface area (Å²) in [6, 6.07) is 12.3. The summed E-state index contributed by atoms with van der Waals surface area (Å²) >= 11 is 0. The fourth-order valence-electron chi connectivity index (χ4n) is 3.40. The number of anilines is 1. The van der Waals surface area contributed by atoms with Crippen LogP contribution in [-0.2, 0) is 16.4 Å². The molecule has 0 unspecified atom stereocenters. The highest BCUT2D eigenvalue weighted by Crippen LogP contribution is 2.33. The molecule has 0 saturated heterocycles. The van der Waals surface area contributed by atoms with E-state index < -0.39 is 28.7 Å². The normalized spacial score (nSPS) is 14.0. The number of alkyl halides is 3. The highest BCUT2D eigenvalue weighted by Gasteiger charge is 2.34. The van der Waals surface area contributed by atoms with Gasteiger partial charge in [0.1, 0.15) is 6.54 Å². The van der Waals surface area contributed by atoms with Crippen LogP contribution in [0.4, 0.5) is 18.9 Å². The molecule has 3 rings (SSSR count). The SMILES string of the molecule is CCCN(CC(F)(F)F)C(=O)c1cccc(S(=O)(=O)N2CCc3ccccc32)c1. The van der Waals surface area contributed by atoms with Crippen LogP contribution in [0, 0.1) is 0 Å². The van der Waals surface area contributed by atoms with Crippen LogP contribution in [0.1, 0.15) is 29.3 Å². The highest BCUT2D eigenvalue weighted by molar-refractivity contribution is 7.92. The highest BCUT2D eigenvalue weighted by atomic mass is 32.2. The summed E-state index contributed by atoms with van der Waals surface area (Å²) in [4.78, 5) is 13.2. The molecule has 0 saturated carbocycles. The molecule has 0 aromatic heterocycles. The van der Waals surface area contributed by atoms with E-state index in [0.29, 0.717) is 23.4 Å². The summed E-state index contributed by atoms with van der Waals surface area (Å²) < 4.78 is 66.0. The van der Waals surface area contributed by atoms with Gasteiger partial charge >= 0.3 is 6.18 Å². The van der Waals surface area contributed by atoms with Crippen molar-refractivity contribution in [2.45, 2.75) is 30.8 Å². The monoisotopic (exact) mass is 426 g/mol. The molecule has 1 aliphatic heterocycles. The third-order valence-corrected chi connectivity index (χ3v) is 6.47. The van der Waals surface area contributed by atoms with E-state index in [-0.39, 0.29) is 23.5 Å². The molecule has 0 aliphatic carbocycles. The topological polar surface area (TPSA) is 57.7 Å². The Hall–Kier alpha value is -2.55. The second-order valence-corrected chi connectivity index (χ2v) is 8.69. The molecule has 0 radical (unpaired) electrons. The maximum Gasteiger partial charge on any atom is 0.406 e. The lowest BCUT2D eigenvalue weighted by Crippen LogP contribution is -2.39. The van der Waals surface area contributed by atoms with Crippen molar-refractivity contribution in [3.63, 3.8) is 0 Å². The van der Waals surface area contributed by atoms with E-state index in [9.17, 15) is 26.4 Å². The van der Waals surface area contributed by atoms with Crippen LogP contribution in [0.15, 0.2) is 53.4 Å². The molecule has 0 atom stereocenters. The molecule has 0 bridgehead atoms. The Labute approximate surface area is 167 Å². The van der Waals surface area contributed by atoms with Crippen molar-refractivity contribution in [1.29, 1.82) is 0 Å². The fraction of sp³-hybridized carbons (Fsp3) is 0.350. The molecule has 156 valence electrons. The first kappa shape index (κ1) is 21.2. The van der Waals surface area contributed by atoms with Gasteiger partial charge in [-0.05, 0) is 42.7 Å². The molecule has 9 heteroatoms. The zero-order valence-electron chi connectivity index (χ0n) is 15.8. The number of nitrogens with zero attached hydrogens (tertiary/aromatic N) is 2. The fourth-order valence-corrected chi connectivity index (χ4v) is 4.95. The van der Waals surface area contributed by atoms with Crippen molar-refractivity contribution in [1.82, 2.24) is 4.90 Å². The minimum Gasteiger partial charge on any atom is -0.330 e. The summed E-state index contributed by atoms with van der Waals surface area (Å²) in [5.74, 6) is -0.844. The van der Waals surface area contributed by atoms with Crippen molar-refractivity contribution < 1.29 is 26.4 Å². The largest absolute Gasteiger partial charge is 0.406 e. The summed E-state index contributed by atoms with van der Waals surface area (Å²) in [5.41, 5.74) is 1.40. The molecule has 2 aromatic rings. The minimum atomic E-state index is -4.53.